The lowest BCUT2D eigenvalue weighted by Crippen LogP contribution is -2.26. The number of aromatic nitrogens is 2. The number of fused-ring (bicyclic) bond motifs is 1. The van der Waals surface area contributed by atoms with Gasteiger partial charge in [0.1, 0.15) is 5.75 Å². The molecule has 6 heteroatoms. The average Bonchev–Trinajstić information content (AvgIpc) is 3.16. The summed E-state index contributed by atoms with van der Waals surface area (Å²) < 4.78 is 11.0. The lowest BCUT2D eigenvalue weighted by atomic mass is 9.98. The Kier molecular flexibility index (Phi) is 4.12. The topological polar surface area (TPSA) is 60.2 Å². The van der Waals surface area contributed by atoms with Gasteiger partial charge in [-0.2, -0.15) is 4.98 Å². The van der Waals surface area contributed by atoms with Crippen LogP contribution in [0.4, 0.5) is 0 Å². The Morgan fingerprint density at radius 1 is 1.19 bits per heavy atom. The van der Waals surface area contributed by atoms with Crippen LogP contribution in [0.25, 0.3) is 11.4 Å². The number of nitrogens with one attached hydrogen (secondary N) is 1. The van der Waals surface area contributed by atoms with Crippen LogP contribution in [-0.2, 0) is 6.42 Å². The molecule has 2 aromatic rings. The van der Waals surface area contributed by atoms with E-state index >= 15 is 0 Å². The molecule has 4 rings (SSSR count). The summed E-state index contributed by atoms with van der Waals surface area (Å²) in [4.78, 5) is 4.58. The van der Waals surface area contributed by atoms with Crippen molar-refractivity contribution in [3.8, 4) is 17.1 Å². The number of benzene rings is 1. The van der Waals surface area contributed by atoms with Crippen LogP contribution in [0.1, 0.15) is 30.2 Å². The minimum absolute atomic E-state index is 0. The lowest BCUT2D eigenvalue weighted by Gasteiger charge is -2.18. The SMILES string of the molecule is Cl.c1cc2c(cc1-c1noc(C3CCNCC3)n1)CCO2. The summed E-state index contributed by atoms with van der Waals surface area (Å²) in [6, 6.07) is 6.11. The highest BCUT2D eigenvalue weighted by molar-refractivity contribution is 5.85. The number of piperidine rings is 1. The fourth-order valence-corrected chi connectivity index (χ4v) is 2.91. The van der Waals surface area contributed by atoms with Crippen molar-refractivity contribution in [2.75, 3.05) is 19.7 Å². The minimum Gasteiger partial charge on any atom is -0.493 e. The van der Waals surface area contributed by atoms with Crippen molar-refractivity contribution in [3.63, 3.8) is 0 Å². The molecule has 21 heavy (non-hydrogen) atoms. The number of hydrogen-bond acceptors (Lipinski definition) is 5. The highest BCUT2D eigenvalue weighted by Gasteiger charge is 2.22. The van der Waals surface area contributed by atoms with Gasteiger partial charge in [-0.1, -0.05) is 5.16 Å². The van der Waals surface area contributed by atoms with E-state index in [0.29, 0.717) is 11.7 Å². The number of halogens is 1. The van der Waals surface area contributed by atoms with Crippen molar-refractivity contribution in [1.82, 2.24) is 15.5 Å². The first-order valence-electron chi connectivity index (χ1n) is 7.20. The fraction of sp³-hybridized carbons (Fsp3) is 0.467. The molecule has 2 aliphatic rings. The van der Waals surface area contributed by atoms with Gasteiger partial charge in [0.2, 0.25) is 11.7 Å². The molecule has 2 aliphatic heterocycles. The van der Waals surface area contributed by atoms with Crippen molar-refractivity contribution < 1.29 is 9.26 Å². The second kappa shape index (κ2) is 6.03. The van der Waals surface area contributed by atoms with Gasteiger partial charge in [0, 0.05) is 17.9 Å². The van der Waals surface area contributed by atoms with Crippen molar-refractivity contribution >= 4 is 12.4 Å². The molecule has 0 atom stereocenters. The summed E-state index contributed by atoms with van der Waals surface area (Å²) in [5.74, 6) is 2.84. The molecule has 3 heterocycles. The van der Waals surface area contributed by atoms with Crippen LogP contribution >= 0.6 is 12.4 Å². The summed E-state index contributed by atoms with van der Waals surface area (Å²) in [6.45, 7) is 2.82. The number of hydrogen-bond donors (Lipinski definition) is 1. The standard InChI is InChI=1S/C15H17N3O2.ClH/c1-2-13-11(5-8-19-13)9-12(1)14-17-15(20-18-14)10-3-6-16-7-4-10;/h1-2,9-10,16H,3-8H2;1H. The summed E-state index contributed by atoms with van der Waals surface area (Å²) in [5.41, 5.74) is 2.24. The zero-order valence-corrected chi connectivity index (χ0v) is 12.5. The quantitative estimate of drug-likeness (QED) is 0.924. The van der Waals surface area contributed by atoms with Crippen LogP contribution in [0.3, 0.4) is 0 Å². The van der Waals surface area contributed by atoms with Gasteiger partial charge >= 0.3 is 0 Å². The second-order valence-electron chi connectivity index (χ2n) is 5.40. The van der Waals surface area contributed by atoms with Crippen molar-refractivity contribution in [2.45, 2.75) is 25.2 Å². The first-order valence-corrected chi connectivity index (χ1v) is 7.20. The van der Waals surface area contributed by atoms with E-state index in [2.05, 4.69) is 21.5 Å². The maximum absolute atomic E-state index is 5.52. The van der Waals surface area contributed by atoms with Gasteiger partial charge in [-0.05, 0) is 49.7 Å². The van der Waals surface area contributed by atoms with E-state index < -0.39 is 0 Å². The van der Waals surface area contributed by atoms with E-state index in [4.69, 9.17) is 9.26 Å². The molecule has 0 amide bonds. The molecule has 0 saturated carbocycles. The highest BCUT2D eigenvalue weighted by atomic mass is 35.5. The summed E-state index contributed by atoms with van der Waals surface area (Å²) in [7, 11) is 0. The van der Waals surface area contributed by atoms with Gasteiger partial charge in [0.15, 0.2) is 0 Å². The third-order valence-electron chi connectivity index (χ3n) is 4.08. The molecule has 1 N–H and O–H groups in total. The zero-order chi connectivity index (χ0) is 13.4. The maximum Gasteiger partial charge on any atom is 0.230 e. The monoisotopic (exact) mass is 307 g/mol. The van der Waals surface area contributed by atoms with E-state index in [1.54, 1.807) is 0 Å². The number of nitrogens with zero attached hydrogens (tertiary/aromatic N) is 2. The van der Waals surface area contributed by atoms with Crippen LogP contribution in [0, 0.1) is 0 Å². The molecule has 0 radical (unpaired) electrons. The van der Waals surface area contributed by atoms with Gasteiger partial charge in [-0.3, -0.25) is 0 Å². The van der Waals surface area contributed by atoms with Gasteiger partial charge in [0.25, 0.3) is 0 Å². The third kappa shape index (κ3) is 2.76. The molecule has 5 nitrogen and oxygen atoms in total. The number of ether oxygens (including phenoxy) is 1. The Morgan fingerprint density at radius 3 is 2.90 bits per heavy atom. The number of rotatable bonds is 2. The van der Waals surface area contributed by atoms with Crippen LogP contribution < -0.4 is 10.1 Å². The predicted octanol–water partition coefficient (Wildman–Crippen LogP) is 2.56. The van der Waals surface area contributed by atoms with Crippen LogP contribution in [0.5, 0.6) is 5.75 Å². The summed E-state index contributed by atoms with van der Waals surface area (Å²) in [5, 5.41) is 7.49. The molecule has 1 fully saturated rings. The van der Waals surface area contributed by atoms with Gasteiger partial charge in [-0.25, -0.2) is 0 Å². The van der Waals surface area contributed by atoms with Crippen LogP contribution in [-0.4, -0.2) is 29.8 Å². The zero-order valence-electron chi connectivity index (χ0n) is 11.7. The minimum atomic E-state index is 0. The van der Waals surface area contributed by atoms with E-state index in [1.165, 1.54) is 5.56 Å². The Morgan fingerprint density at radius 2 is 2.05 bits per heavy atom. The largest absolute Gasteiger partial charge is 0.493 e. The van der Waals surface area contributed by atoms with E-state index in [1.807, 2.05) is 12.1 Å². The van der Waals surface area contributed by atoms with E-state index in [-0.39, 0.29) is 12.4 Å². The Balaban J connectivity index is 0.00000132. The third-order valence-corrected chi connectivity index (χ3v) is 4.08. The Hall–Kier alpha value is -1.59. The van der Waals surface area contributed by atoms with Crippen LogP contribution in [0.2, 0.25) is 0 Å². The molecular formula is C15H18ClN3O2. The average molecular weight is 308 g/mol. The maximum atomic E-state index is 5.52. The molecule has 1 saturated heterocycles. The van der Waals surface area contributed by atoms with Crippen molar-refractivity contribution in [2.24, 2.45) is 0 Å². The smallest absolute Gasteiger partial charge is 0.230 e. The first-order chi connectivity index (χ1) is 9.90. The molecule has 0 spiro atoms. The second-order valence-corrected chi connectivity index (χ2v) is 5.40. The lowest BCUT2D eigenvalue weighted by molar-refractivity contribution is 0.320. The Bertz CT molecular complexity index is 623. The molecule has 1 aromatic carbocycles. The predicted molar refractivity (Wildman–Crippen MR) is 81.0 cm³/mol. The first kappa shape index (κ1) is 14.4. The van der Waals surface area contributed by atoms with Crippen LogP contribution in [0.15, 0.2) is 22.7 Å². The molecule has 112 valence electrons. The Labute approximate surface area is 129 Å². The van der Waals surface area contributed by atoms with Gasteiger partial charge in [-0.15, -0.1) is 12.4 Å². The van der Waals surface area contributed by atoms with Gasteiger partial charge < -0.3 is 14.6 Å². The molecule has 1 aromatic heterocycles. The molecule has 0 unspecified atom stereocenters. The molecular weight excluding hydrogens is 290 g/mol. The van der Waals surface area contributed by atoms with Gasteiger partial charge in [0.05, 0.1) is 6.61 Å². The molecule has 0 aliphatic carbocycles. The summed E-state index contributed by atoms with van der Waals surface area (Å²) in [6.07, 6.45) is 3.10. The van der Waals surface area contributed by atoms with Crippen molar-refractivity contribution in [3.05, 3.63) is 29.7 Å². The van der Waals surface area contributed by atoms with E-state index in [9.17, 15) is 0 Å². The van der Waals surface area contributed by atoms with E-state index in [0.717, 1.165) is 56.2 Å². The fourth-order valence-electron chi connectivity index (χ4n) is 2.91. The normalized spacial score (nSPS) is 17.9. The molecule has 0 bridgehead atoms. The summed E-state index contributed by atoms with van der Waals surface area (Å²) >= 11 is 0. The van der Waals surface area contributed by atoms with Crippen molar-refractivity contribution in [1.29, 1.82) is 0 Å². The highest BCUT2D eigenvalue weighted by Crippen LogP contribution is 2.30.